The molecule has 0 saturated carbocycles. The molecule has 1 N–H and O–H groups in total. The Morgan fingerprint density at radius 1 is 1.44 bits per heavy atom. The molecule has 98 valence electrons. The van der Waals surface area contributed by atoms with Gasteiger partial charge in [-0.1, -0.05) is 30.4 Å². The lowest BCUT2D eigenvalue weighted by Gasteiger charge is -2.09. The molecule has 4 heteroatoms. The normalized spacial score (nSPS) is 10.6. The Bertz CT molecular complexity index is 405. The Morgan fingerprint density at radius 2 is 2.22 bits per heavy atom. The molecule has 0 heterocycles. The summed E-state index contributed by atoms with van der Waals surface area (Å²) in [7, 11) is 1.63. The molecule has 0 aromatic heterocycles. The van der Waals surface area contributed by atoms with Gasteiger partial charge in [0, 0.05) is 17.9 Å². The van der Waals surface area contributed by atoms with Gasteiger partial charge in [0.05, 0.1) is 12.9 Å². The molecule has 0 radical (unpaired) electrons. The Balaban J connectivity index is 2.33. The minimum atomic E-state index is 0.0513. The number of carbonyl (C=O) groups excluding carboxylic acids is 1. The predicted molar refractivity (Wildman–Crippen MR) is 77.0 cm³/mol. The van der Waals surface area contributed by atoms with Crippen molar-refractivity contribution in [2.75, 3.05) is 18.6 Å². The standard InChI is InChI=1S/C14H19NO2S/c1-3-4-9-18-11-14(16)15-10-12-7-5-6-8-13(12)17-2/h3-8H,9-11H2,1-2H3,(H,15,16)/b4-3-. The van der Waals surface area contributed by atoms with E-state index in [2.05, 4.69) is 5.32 Å². The van der Waals surface area contributed by atoms with Crippen molar-refractivity contribution in [3.63, 3.8) is 0 Å². The van der Waals surface area contributed by atoms with Crippen LogP contribution in [0.15, 0.2) is 36.4 Å². The maximum absolute atomic E-state index is 11.6. The van der Waals surface area contributed by atoms with Crippen molar-refractivity contribution in [1.29, 1.82) is 0 Å². The first-order chi connectivity index (χ1) is 8.77. The van der Waals surface area contributed by atoms with Crippen molar-refractivity contribution in [3.8, 4) is 5.75 Å². The zero-order valence-electron chi connectivity index (χ0n) is 10.8. The molecule has 0 aliphatic heterocycles. The van der Waals surface area contributed by atoms with E-state index in [-0.39, 0.29) is 5.91 Å². The van der Waals surface area contributed by atoms with Crippen LogP contribution >= 0.6 is 11.8 Å². The molecular formula is C14H19NO2S. The maximum Gasteiger partial charge on any atom is 0.230 e. The van der Waals surface area contributed by atoms with E-state index < -0.39 is 0 Å². The van der Waals surface area contributed by atoms with Crippen LogP contribution in [-0.4, -0.2) is 24.5 Å². The van der Waals surface area contributed by atoms with Crippen molar-refractivity contribution in [2.45, 2.75) is 13.5 Å². The molecule has 0 fully saturated rings. The fourth-order valence-corrected chi connectivity index (χ4v) is 2.14. The molecule has 1 aromatic rings. The molecule has 0 bridgehead atoms. The van der Waals surface area contributed by atoms with Crippen molar-refractivity contribution in [3.05, 3.63) is 42.0 Å². The summed E-state index contributed by atoms with van der Waals surface area (Å²) in [5.74, 6) is 2.22. The summed E-state index contributed by atoms with van der Waals surface area (Å²) in [6.07, 6.45) is 4.03. The van der Waals surface area contributed by atoms with Crippen molar-refractivity contribution in [1.82, 2.24) is 5.32 Å². The monoisotopic (exact) mass is 265 g/mol. The third-order valence-corrected chi connectivity index (χ3v) is 3.25. The van der Waals surface area contributed by atoms with Crippen LogP contribution in [0, 0.1) is 0 Å². The summed E-state index contributed by atoms with van der Waals surface area (Å²) in [6, 6.07) is 7.69. The second-order valence-corrected chi connectivity index (χ2v) is 4.70. The first-order valence-corrected chi connectivity index (χ1v) is 7.01. The Kier molecular flexibility index (Phi) is 7.03. The number of carbonyl (C=O) groups is 1. The first-order valence-electron chi connectivity index (χ1n) is 5.85. The van der Waals surface area contributed by atoms with Gasteiger partial charge in [0.25, 0.3) is 0 Å². The maximum atomic E-state index is 11.6. The Labute approximate surface area is 113 Å². The van der Waals surface area contributed by atoms with Crippen molar-refractivity contribution < 1.29 is 9.53 Å². The molecule has 0 unspecified atom stereocenters. The molecule has 1 rings (SSSR count). The number of methoxy groups -OCH3 is 1. The summed E-state index contributed by atoms with van der Waals surface area (Å²) in [5, 5.41) is 2.89. The van der Waals surface area contributed by atoms with E-state index in [1.165, 1.54) is 0 Å². The van der Waals surface area contributed by atoms with Crippen LogP contribution in [0.25, 0.3) is 0 Å². The Morgan fingerprint density at radius 3 is 2.94 bits per heavy atom. The molecule has 1 aromatic carbocycles. The lowest BCUT2D eigenvalue weighted by Crippen LogP contribution is -2.24. The average Bonchev–Trinajstić information content (AvgIpc) is 2.41. The van der Waals surface area contributed by atoms with Crippen LogP contribution < -0.4 is 10.1 Å². The third-order valence-electron chi connectivity index (χ3n) is 2.35. The fourth-order valence-electron chi connectivity index (χ4n) is 1.41. The van der Waals surface area contributed by atoms with Gasteiger partial charge in [-0.25, -0.2) is 0 Å². The van der Waals surface area contributed by atoms with Crippen LogP contribution in [0.2, 0.25) is 0 Å². The molecule has 0 saturated heterocycles. The third kappa shape index (κ3) is 5.27. The van der Waals surface area contributed by atoms with Gasteiger partial charge in [0.1, 0.15) is 5.75 Å². The molecular weight excluding hydrogens is 246 g/mol. The van der Waals surface area contributed by atoms with Gasteiger partial charge >= 0.3 is 0 Å². The number of allylic oxidation sites excluding steroid dienone is 1. The number of thioether (sulfide) groups is 1. The van der Waals surface area contributed by atoms with Crippen LogP contribution in [0.4, 0.5) is 0 Å². The second-order valence-electron chi connectivity index (χ2n) is 3.67. The molecule has 3 nitrogen and oxygen atoms in total. The van der Waals surface area contributed by atoms with E-state index in [4.69, 9.17) is 4.74 Å². The van der Waals surface area contributed by atoms with Crippen LogP contribution in [0.3, 0.4) is 0 Å². The number of hydrogen-bond acceptors (Lipinski definition) is 3. The van der Waals surface area contributed by atoms with E-state index >= 15 is 0 Å². The van der Waals surface area contributed by atoms with Gasteiger partial charge < -0.3 is 10.1 Å². The summed E-state index contributed by atoms with van der Waals surface area (Å²) in [5.41, 5.74) is 0.992. The van der Waals surface area contributed by atoms with E-state index in [0.29, 0.717) is 12.3 Å². The molecule has 0 aliphatic carbocycles. The van der Waals surface area contributed by atoms with Crippen molar-refractivity contribution >= 4 is 17.7 Å². The van der Waals surface area contributed by atoms with Gasteiger partial charge in [-0.05, 0) is 13.0 Å². The topological polar surface area (TPSA) is 38.3 Å². The van der Waals surface area contributed by atoms with Crippen LogP contribution in [0.1, 0.15) is 12.5 Å². The molecule has 0 spiro atoms. The number of rotatable bonds is 7. The van der Waals surface area contributed by atoms with Crippen LogP contribution in [0.5, 0.6) is 5.75 Å². The highest BCUT2D eigenvalue weighted by Crippen LogP contribution is 2.16. The number of hydrogen-bond donors (Lipinski definition) is 1. The molecule has 18 heavy (non-hydrogen) atoms. The molecule has 0 atom stereocenters. The highest BCUT2D eigenvalue weighted by molar-refractivity contribution is 8.00. The number of ether oxygens (including phenoxy) is 1. The summed E-state index contributed by atoms with van der Waals surface area (Å²) in [4.78, 5) is 11.6. The fraction of sp³-hybridized carbons (Fsp3) is 0.357. The van der Waals surface area contributed by atoms with Gasteiger partial charge in [-0.3, -0.25) is 4.79 Å². The van der Waals surface area contributed by atoms with E-state index in [1.54, 1.807) is 18.9 Å². The largest absolute Gasteiger partial charge is 0.496 e. The molecule has 0 aliphatic rings. The lowest BCUT2D eigenvalue weighted by molar-refractivity contribution is -0.118. The summed E-state index contributed by atoms with van der Waals surface area (Å²) >= 11 is 1.60. The minimum absolute atomic E-state index is 0.0513. The molecule has 1 amide bonds. The number of benzene rings is 1. The van der Waals surface area contributed by atoms with Gasteiger partial charge in [-0.15, -0.1) is 11.8 Å². The quantitative estimate of drug-likeness (QED) is 0.608. The Hall–Kier alpha value is -1.42. The SMILES string of the molecule is C/C=C\CSCC(=O)NCc1ccccc1OC. The highest BCUT2D eigenvalue weighted by atomic mass is 32.2. The van der Waals surface area contributed by atoms with Gasteiger partial charge in [-0.2, -0.15) is 0 Å². The van der Waals surface area contributed by atoms with Crippen molar-refractivity contribution in [2.24, 2.45) is 0 Å². The number of nitrogens with one attached hydrogen (secondary N) is 1. The minimum Gasteiger partial charge on any atom is -0.496 e. The summed E-state index contributed by atoms with van der Waals surface area (Å²) < 4.78 is 5.23. The predicted octanol–water partition coefficient (Wildman–Crippen LogP) is 2.62. The van der Waals surface area contributed by atoms with E-state index in [1.807, 2.05) is 43.3 Å². The van der Waals surface area contributed by atoms with Gasteiger partial charge in [0.15, 0.2) is 0 Å². The second kappa shape index (κ2) is 8.64. The zero-order chi connectivity index (χ0) is 13.2. The first kappa shape index (κ1) is 14.6. The highest BCUT2D eigenvalue weighted by Gasteiger charge is 2.04. The summed E-state index contributed by atoms with van der Waals surface area (Å²) in [6.45, 7) is 2.48. The van der Waals surface area contributed by atoms with E-state index in [0.717, 1.165) is 17.1 Å². The van der Waals surface area contributed by atoms with Gasteiger partial charge in [0.2, 0.25) is 5.91 Å². The zero-order valence-corrected chi connectivity index (χ0v) is 11.6. The van der Waals surface area contributed by atoms with E-state index in [9.17, 15) is 4.79 Å². The number of amides is 1. The van der Waals surface area contributed by atoms with Crippen LogP contribution in [-0.2, 0) is 11.3 Å². The lowest BCUT2D eigenvalue weighted by atomic mass is 10.2. The average molecular weight is 265 g/mol. The smallest absolute Gasteiger partial charge is 0.230 e. The number of para-hydroxylation sites is 1.